The van der Waals surface area contributed by atoms with Gasteiger partial charge >= 0.3 is 6.09 Å². The average Bonchev–Trinajstić information content (AvgIpc) is 3.26. The summed E-state index contributed by atoms with van der Waals surface area (Å²) in [7, 11) is 1.46. The smallest absolute Gasteiger partial charge is 0.407 e. The number of amides is 3. The fraction of sp³-hybridized carbons (Fsp3) is 0.292. The summed E-state index contributed by atoms with van der Waals surface area (Å²) < 4.78 is 11.2. The Morgan fingerprint density at radius 2 is 2.00 bits per heavy atom. The third-order valence-corrected chi connectivity index (χ3v) is 5.07. The van der Waals surface area contributed by atoms with Crippen LogP contribution in [0.1, 0.15) is 18.7 Å². The Hall–Kier alpha value is -4.45. The van der Waals surface area contributed by atoms with Crippen molar-refractivity contribution in [3.8, 4) is 0 Å². The number of pyridine rings is 1. The molecule has 0 radical (unpaired) electrons. The minimum atomic E-state index is -1.04. The van der Waals surface area contributed by atoms with Gasteiger partial charge in [0.05, 0.1) is 24.2 Å². The number of fused-ring (bicyclic) bond motifs is 1. The number of imidazole rings is 1. The maximum Gasteiger partial charge on any atom is 0.407 e. The SMILES string of the molecule is COCCOC(=O)N[C@@H](CC/C=C/C(N)=O)C(=O)Nc1cccn(Cc2nc3ccccc3[nH]2)c1=O. The van der Waals surface area contributed by atoms with Crippen LogP contribution in [0, 0.1) is 0 Å². The van der Waals surface area contributed by atoms with Crippen molar-refractivity contribution in [2.75, 3.05) is 25.6 Å². The molecule has 3 rings (SSSR count). The second-order valence-electron chi connectivity index (χ2n) is 7.75. The van der Waals surface area contributed by atoms with E-state index in [1.807, 2.05) is 24.3 Å². The average molecular weight is 497 g/mol. The molecule has 0 fully saturated rings. The summed E-state index contributed by atoms with van der Waals surface area (Å²) in [5.74, 6) is -0.664. The zero-order valence-electron chi connectivity index (χ0n) is 19.7. The van der Waals surface area contributed by atoms with Crippen LogP contribution >= 0.6 is 0 Å². The van der Waals surface area contributed by atoms with Crippen LogP contribution in [-0.4, -0.2) is 58.8 Å². The van der Waals surface area contributed by atoms with E-state index in [0.29, 0.717) is 5.82 Å². The number of methoxy groups -OCH3 is 1. The maximum absolute atomic E-state index is 13.0. The summed E-state index contributed by atoms with van der Waals surface area (Å²) in [6, 6.07) is 9.55. The Labute approximate surface area is 206 Å². The molecule has 0 aliphatic rings. The lowest BCUT2D eigenvalue weighted by Gasteiger charge is -2.18. The van der Waals surface area contributed by atoms with Crippen molar-refractivity contribution in [3.63, 3.8) is 0 Å². The number of hydrogen-bond donors (Lipinski definition) is 4. The van der Waals surface area contributed by atoms with E-state index in [-0.39, 0.29) is 38.3 Å². The Morgan fingerprint density at radius 1 is 1.19 bits per heavy atom. The van der Waals surface area contributed by atoms with Gasteiger partial charge in [-0.15, -0.1) is 0 Å². The normalized spacial score (nSPS) is 11.9. The molecule has 3 amide bonds. The van der Waals surface area contributed by atoms with Gasteiger partial charge < -0.3 is 35.4 Å². The summed E-state index contributed by atoms with van der Waals surface area (Å²) in [5.41, 5.74) is 6.30. The first-order valence-electron chi connectivity index (χ1n) is 11.2. The molecule has 0 spiro atoms. The van der Waals surface area contributed by atoms with Gasteiger partial charge in [-0.1, -0.05) is 18.2 Å². The highest BCUT2D eigenvalue weighted by atomic mass is 16.6. The molecule has 3 aromatic rings. The van der Waals surface area contributed by atoms with Gasteiger partial charge in [0.25, 0.3) is 5.56 Å². The molecule has 2 aromatic heterocycles. The van der Waals surface area contributed by atoms with Gasteiger partial charge in [-0.25, -0.2) is 9.78 Å². The zero-order chi connectivity index (χ0) is 25.9. The van der Waals surface area contributed by atoms with Gasteiger partial charge in [0.15, 0.2) is 0 Å². The Kier molecular flexibility index (Phi) is 9.34. The van der Waals surface area contributed by atoms with Gasteiger partial charge in [-0.05, 0) is 43.2 Å². The van der Waals surface area contributed by atoms with E-state index in [1.54, 1.807) is 12.3 Å². The topological polar surface area (TPSA) is 170 Å². The quantitative estimate of drug-likeness (QED) is 0.216. The molecule has 0 aliphatic carbocycles. The molecule has 5 N–H and O–H groups in total. The summed E-state index contributed by atoms with van der Waals surface area (Å²) in [4.78, 5) is 56.6. The second-order valence-corrected chi connectivity index (χ2v) is 7.75. The third kappa shape index (κ3) is 7.53. The fourth-order valence-corrected chi connectivity index (χ4v) is 3.35. The van der Waals surface area contributed by atoms with E-state index in [1.165, 1.54) is 29.9 Å². The van der Waals surface area contributed by atoms with E-state index in [0.717, 1.165) is 11.0 Å². The Morgan fingerprint density at radius 3 is 2.75 bits per heavy atom. The van der Waals surface area contributed by atoms with E-state index in [9.17, 15) is 19.2 Å². The molecule has 0 bridgehead atoms. The van der Waals surface area contributed by atoms with Gasteiger partial charge in [-0.3, -0.25) is 14.4 Å². The van der Waals surface area contributed by atoms with Crippen LogP contribution in [0.3, 0.4) is 0 Å². The molecule has 190 valence electrons. The van der Waals surface area contributed by atoms with Crippen LogP contribution in [0.15, 0.2) is 59.5 Å². The number of primary amides is 1. The number of alkyl carbamates (subject to hydrolysis) is 1. The number of rotatable bonds is 12. The van der Waals surface area contributed by atoms with Gasteiger partial charge in [0.1, 0.15) is 24.2 Å². The minimum Gasteiger partial charge on any atom is -0.447 e. The number of aromatic amines is 1. The number of ether oxygens (including phenoxy) is 2. The van der Waals surface area contributed by atoms with Crippen molar-refractivity contribution in [3.05, 3.63) is 70.9 Å². The fourth-order valence-electron chi connectivity index (χ4n) is 3.35. The number of nitrogens with two attached hydrogens (primary N) is 1. The predicted octanol–water partition coefficient (Wildman–Crippen LogP) is 1.27. The zero-order valence-corrected chi connectivity index (χ0v) is 19.7. The lowest BCUT2D eigenvalue weighted by molar-refractivity contribution is -0.118. The molecule has 0 unspecified atom stereocenters. The number of carbonyl (C=O) groups excluding carboxylic acids is 3. The molecule has 12 nitrogen and oxygen atoms in total. The van der Waals surface area contributed by atoms with Crippen molar-refractivity contribution in [2.45, 2.75) is 25.4 Å². The van der Waals surface area contributed by atoms with E-state index >= 15 is 0 Å². The highest BCUT2D eigenvalue weighted by molar-refractivity contribution is 5.96. The number of aromatic nitrogens is 3. The molecule has 0 saturated carbocycles. The lowest BCUT2D eigenvalue weighted by atomic mass is 10.1. The maximum atomic E-state index is 13.0. The van der Waals surface area contributed by atoms with Crippen LogP contribution in [0.4, 0.5) is 10.5 Å². The highest BCUT2D eigenvalue weighted by Crippen LogP contribution is 2.11. The van der Waals surface area contributed by atoms with Crippen LogP contribution in [0.2, 0.25) is 0 Å². The van der Waals surface area contributed by atoms with Crippen LogP contribution in [0.25, 0.3) is 11.0 Å². The first-order valence-corrected chi connectivity index (χ1v) is 11.2. The number of para-hydroxylation sites is 2. The number of carbonyl (C=O) groups is 3. The number of allylic oxidation sites excluding steroid dienone is 1. The standard InChI is InChI=1S/C24H28N6O6/c1-35-13-14-36-24(34)29-18(9-4-5-11-20(25)31)22(32)28-19-10-6-12-30(23(19)33)15-21-26-16-7-2-3-8-17(16)27-21/h2-3,5-8,10-12,18H,4,9,13-15H2,1H3,(H2,25,31)(H,26,27)(H,28,32)(H,29,34)/b11-5+/t18-/m0/s1. The molecule has 12 heteroatoms. The van der Waals surface area contributed by atoms with E-state index < -0.39 is 29.5 Å². The van der Waals surface area contributed by atoms with Crippen molar-refractivity contribution in [1.82, 2.24) is 19.9 Å². The van der Waals surface area contributed by atoms with Crippen molar-refractivity contribution in [1.29, 1.82) is 0 Å². The number of nitrogens with one attached hydrogen (secondary N) is 3. The van der Waals surface area contributed by atoms with Crippen molar-refractivity contribution < 1.29 is 23.9 Å². The Balaban J connectivity index is 1.71. The highest BCUT2D eigenvalue weighted by Gasteiger charge is 2.22. The summed E-state index contributed by atoms with van der Waals surface area (Å²) in [6.07, 6.45) is 3.83. The molecule has 0 aliphatic heterocycles. The monoisotopic (exact) mass is 496 g/mol. The number of anilines is 1. The second kappa shape index (κ2) is 12.9. The molecular formula is C24H28N6O6. The number of hydrogen-bond acceptors (Lipinski definition) is 7. The van der Waals surface area contributed by atoms with Crippen molar-refractivity contribution in [2.24, 2.45) is 5.73 Å². The van der Waals surface area contributed by atoms with Gasteiger partial charge in [0, 0.05) is 13.3 Å². The van der Waals surface area contributed by atoms with Gasteiger partial charge in [0.2, 0.25) is 11.8 Å². The molecule has 2 heterocycles. The molecule has 1 atom stereocenters. The van der Waals surface area contributed by atoms with Crippen molar-refractivity contribution >= 4 is 34.6 Å². The van der Waals surface area contributed by atoms with E-state index in [2.05, 4.69) is 20.6 Å². The summed E-state index contributed by atoms with van der Waals surface area (Å²) >= 11 is 0. The van der Waals surface area contributed by atoms with E-state index in [4.69, 9.17) is 15.2 Å². The van der Waals surface area contributed by atoms with Gasteiger partial charge in [-0.2, -0.15) is 0 Å². The first-order chi connectivity index (χ1) is 17.4. The van der Waals surface area contributed by atoms with Crippen LogP contribution in [0.5, 0.6) is 0 Å². The van der Waals surface area contributed by atoms with Crippen LogP contribution < -0.4 is 21.9 Å². The largest absolute Gasteiger partial charge is 0.447 e. The number of nitrogens with zero attached hydrogens (tertiary/aromatic N) is 2. The number of benzene rings is 1. The lowest BCUT2D eigenvalue weighted by Crippen LogP contribution is -2.45. The molecule has 0 saturated heterocycles. The molecule has 1 aromatic carbocycles. The molecule has 36 heavy (non-hydrogen) atoms. The third-order valence-electron chi connectivity index (χ3n) is 5.07. The first kappa shape index (κ1) is 26.2. The van der Waals surface area contributed by atoms with Crippen LogP contribution in [-0.2, 0) is 25.6 Å². The molecular weight excluding hydrogens is 468 g/mol. The minimum absolute atomic E-state index is 0.00341. The predicted molar refractivity (Wildman–Crippen MR) is 132 cm³/mol. The summed E-state index contributed by atoms with van der Waals surface area (Å²) in [5, 5.41) is 5.04. The summed E-state index contributed by atoms with van der Waals surface area (Å²) in [6.45, 7) is 0.368. The Bertz CT molecular complexity index is 1260. The number of H-pyrrole nitrogens is 1.